The molecule has 0 bridgehead atoms. The van der Waals surface area contributed by atoms with Gasteiger partial charge in [0, 0.05) is 6.42 Å². The molecular weight excluding hydrogens is 516 g/mol. The first-order valence-electron chi connectivity index (χ1n) is 12.7. The number of halogens is 1. The second-order valence-electron chi connectivity index (χ2n) is 9.96. The summed E-state index contributed by atoms with van der Waals surface area (Å²) in [6.07, 6.45) is 3.10. The molecule has 0 aliphatic carbocycles. The fraction of sp³-hybridized carbons (Fsp3) is 0.538. The number of carbonyl (C=O) groups excluding carboxylic acids is 6. The Balaban J connectivity index is 0.00000400. The summed E-state index contributed by atoms with van der Waals surface area (Å²) in [4.78, 5) is 80.4. The third-order valence-corrected chi connectivity index (χ3v) is 7.01. The lowest BCUT2D eigenvalue weighted by molar-refractivity contribution is -0.166. The van der Waals surface area contributed by atoms with Gasteiger partial charge >= 0.3 is 5.97 Å². The van der Waals surface area contributed by atoms with Crippen molar-refractivity contribution < 1.29 is 33.5 Å². The molecule has 3 aliphatic heterocycles. The number of esters is 1. The average molecular weight is 549 g/mol. The number of piperidine rings is 2. The third-order valence-electron chi connectivity index (χ3n) is 7.01. The summed E-state index contributed by atoms with van der Waals surface area (Å²) >= 11 is 0. The van der Waals surface area contributed by atoms with Gasteiger partial charge in [-0.05, 0) is 50.4 Å². The van der Waals surface area contributed by atoms with Gasteiger partial charge in [0.1, 0.15) is 12.1 Å². The number of hydrogen-bond donors (Lipinski definition) is 1. The fourth-order valence-corrected chi connectivity index (χ4v) is 4.94. The van der Waals surface area contributed by atoms with E-state index in [9.17, 15) is 28.8 Å². The molecule has 38 heavy (non-hydrogen) atoms. The molecule has 1 aromatic rings. The Bertz CT molecular complexity index is 1080. The van der Waals surface area contributed by atoms with E-state index in [0.29, 0.717) is 0 Å². The van der Waals surface area contributed by atoms with Crippen LogP contribution >= 0.6 is 12.4 Å². The number of imide groups is 2. The van der Waals surface area contributed by atoms with E-state index in [1.165, 1.54) is 12.1 Å². The van der Waals surface area contributed by atoms with Crippen LogP contribution in [0.2, 0.25) is 0 Å². The van der Waals surface area contributed by atoms with Gasteiger partial charge in [-0.2, -0.15) is 0 Å². The smallest absolute Gasteiger partial charge is 0.330 e. The van der Waals surface area contributed by atoms with Crippen LogP contribution < -0.4 is 5.32 Å². The molecule has 4 rings (SSSR count). The van der Waals surface area contributed by atoms with E-state index in [1.807, 2.05) is 4.90 Å². The van der Waals surface area contributed by atoms with Crippen LogP contribution in [-0.4, -0.2) is 88.7 Å². The van der Waals surface area contributed by atoms with Gasteiger partial charge in [-0.25, -0.2) is 9.69 Å². The second-order valence-corrected chi connectivity index (χ2v) is 9.96. The van der Waals surface area contributed by atoms with Crippen LogP contribution in [0.25, 0.3) is 0 Å². The lowest BCUT2D eigenvalue weighted by Crippen LogP contribution is -2.57. The summed E-state index contributed by atoms with van der Waals surface area (Å²) in [6.45, 7) is 4.68. The number of rotatable bonds is 8. The van der Waals surface area contributed by atoms with Gasteiger partial charge in [0.05, 0.1) is 17.7 Å². The molecular formula is C26H33ClN4O7. The summed E-state index contributed by atoms with van der Waals surface area (Å²) in [5.74, 6) is -3.91. The number of hydrogen-bond acceptors (Lipinski definition) is 8. The van der Waals surface area contributed by atoms with Gasteiger partial charge in [-0.1, -0.05) is 32.4 Å². The molecule has 5 amide bonds. The molecule has 3 heterocycles. The minimum Gasteiger partial charge on any atom is -0.442 e. The van der Waals surface area contributed by atoms with Crippen LogP contribution in [0.4, 0.5) is 0 Å². The maximum absolute atomic E-state index is 13.2. The molecule has 0 radical (unpaired) electrons. The number of amides is 5. The van der Waals surface area contributed by atoms with Crippen LogP contribution in [0.5, 0.6) is 0 Å². The van der Waals surface area contributed by atoms with Crippen molar-refractivity contribution in [3.05, 3.63) is 35.4 Å². The van der Waals surface area contributed by atoms with Gasteiger partial charge in [-0.15, -0.1) is 12.4 Å². The van der Waals surface area contributed by atoms with Crippen molar-refractivity contribution in [1.29, 1.82) is 0 Å². The van der Waals surface area contributed by atoms with Crippen LogP contribution in [0.3, 0.4) is 0 Å². The largest absolute Gasteiger partial charge is 0.442 e. The molecule has 2 fully saturated rings. The first kappa shape index (κ1) is 29.2. The van der Waals surface area contributed by atoms with Crippen LogP contribution in [0.15, 0.2) is 24.3 Å². The summed E-state index contributed by atoms with van der Waals surface area (Å²) < 4.78 is 5.29. The zero-order valence-corrected chi connectivity index (χ0v) is 22.3. The van der Waals surface area contributed by atoms with E-state index in [1.54, 1.807) is 26.0 Å². The topological polar surface area (TPSA) is 133 Å². The predicted molar refractivity (Wildman–Crippen MR) is 137 cm³/mol. The fourth-order valence-electron chi connectivity index (χ4n) is 4.94. The summed E-state index contributed by atoms with van der Waals surface area (Å²) in [5, 5.41) is 2.71. The van der Waals surface area contributed by atoms with E-state index in [0.717, 1.165) is 42.2 Å². The van der Waals surface area contributed by atoms with Crippen molar-refractivity contribution in [2.75, 3.05) is 26.4 Å². The van der Waals surface area contributed by atoms with Crippen molar-refractivity contribution in [3.8, 4) is 0 Å². The van der Waals surface area contributed by atoms with Crippen molar-refractivity contribution in [2.24, 2.45) is 5.92 Å². The minimum absolute atomic E-state index is 0. The third kappa shape index (κ3) is 6.05. The Labute approximate surface area is 227 Å². The van der Waals surface area contributed by atoms with E-state index < -0.39 is 48.4 Å². The molecule has 1 unspecified atom stereocenters. The predicted octanol–water partition coefficient (Wildman–Crippen LogP) is 1.35. The van der Waals surface area contributed by atoms with E-state index >= 15 is 0 Å². The van der Waals surface area contributed by atoms with Crippen molar-refractivity contribution in [1.82, 2.24) is 20.0 Å². The van der Waals surface area contributed by atoms with Gasteiger partial charge in [0.15, 0.2) is 6.73 Å². The van der Waals surface area contributed by atoms with Crippen LogP contribution in [0, 0.1) is 5.92 Å². The highest BCUT2D eigenvalue weighted by Gasteiger charge is 2.47. The van der Waals surface area contributed by atoms with Crippen molar-refractivity contribution in [2.45, 2.75) is 58.0 Å². The minimum atomic E-state index is -1.17. The molecule has 2 saturated heterocycles. The second kappa shape index (κ2) is 12.5. The number of ether oxygens (including phenoxy) is 1. The summed E-state index contributed by atoms with van der Waals surface area (Å²) in [7, 11) is 0. The molecule has 1 N–H and O–H groups in total. The summed E-state index contributed by atoms with van der Waals surface area (Å²) in [6, 6.07) is 4.15. The maximum atomic E-state index is 13.2. The molecule has 0 spiro atoms. The van der Waals surface area contributed by atoms with Gasteiger partial charge in [0.2, 0.25) is 11.8 Å². The monoisotopic (exact) mass is 548 g/mol. The maximum Gasteiger partial charge on any atom is 0.330 e. The zero-order valence-electron chi connectivity index (χ0n) is 21.5. The highest BCUT2D eigenvalue weighted by atomic mass is 35.5. The normalized spacial score (nSPS) is 20.8. The Morgan fingerprint density at radius 1 is 1.00 bits per heavy atom. The lowest BCUT2D eigenvalue weighted by atomic mass is 10.0. The number of nitrogens with one attached hydrogen (secondary N) is 1. The highest BCUT2D eigenvalue weighted by Crippen LogP contribution is 2.29. The molecule has 0 saturated carbocycles. The van der Waals surface area contributed by atoms with Crippen LogP contribution in [-0.2, 0) is 23.9 Å². The van der Waals surface area contributed by atoms with Crippen molar-refractivity contribution in [3.63, 3.8) is 0 Å². The van der Waals surface area contributed by atoms with Gasteiger partial charge < -0.3 is 10.1 Å². The van der Waals surface area contributed by atoms with E-state index in [-0.39, 0.29) is 54.7 Å². The first-order chi connectivity index (χ1) is 17.7. The molecule has 1 aromatic carbocycles. The molecule has 0 aromatic heterocycles. The Kier molecular flexibility index (Phi) is 9.61. The number of carbonyl (C=O) groups is 6. The standard InChI is InChI=1S/C26H32N4O7.ClH/c1-16(2)22(27-20(31)14-28-12-6-3-7-13-28)26(36)37-15-29-21(32)11-10-19(25(29)35)30-23(33)17-8-4-5-9-18(17)24(30)34;/h4-5,8-9,16,19,22H,3,6-7,10-15H2,1-2H3,(H,27,31);1H/t19-,22?;/m0./s1. The lowest BCUT2D eigenvalue weighted by Gasteiger charge is -2.34. The SMILES string of the molecule is CC(C)C(NC(=O)CN1CCCCC1)C(=O)OCN1C(=O)CC[C@H](N2C(=O)c3ccccc3C2=O)C1=O.Cl. The quantitative estimate of drug-likeness (QED) is 0.380. The van der Waals surface area contributed by atoms with E-state index in [4.69, 9.17) is 4.74 Å². The molecule has 2 atom stereocenters. The Morgan fingerprint density at radius 2 is 1.61 bits per heavy atom. The molecule has 11 nitrogen and oxygen atoms in total. The van der Waals surface area contributed by atoms with E-state index in [2.05, 4.69) is 5.32 Å². The Morgan fingerprint density at radius 3 is 2.18 bits per heavy atom. The van der Waals surface area contributed by atoms with Gasteiger partial charge in [0.25, 0.3) is 17.7 Å². The number of likely N-dealkylation sites (tertiary alicyclic amines) is 2. The van der Waals surface area contributed by atoms with Crippen molar-refractivity contribution >= 4 is 47.9 Å². The number of benzene rings is 1. The number of fused-ring (bicyclic) bond motifs is 1. The molecule has 12 heteroatoms. The number of nitrogens with zero attached hydrogens (tertiary/aromatic N) is 3. The molecule has 3 aliphatic rings. The Hall–Kier alpha value is -3.31. The van der Waals surface area contributed by atoms with Crippen LogP contribution in [0.1, 0.15) is 66.7 Å². The summed E-state index contributed by atoms with van der Waals surface area (Å²) in [5.41, 5.74) is 0.408. The average Bonchev–Trinajstić information content (AvgIpc) is 3.13. The molecule has 206 valence electrons. The van der Waals surface area contributed by atoms with Gasteiger partial charge in [-0.3, -0.25) is 33.8 Å². The first-order valence-corrected chi connectivity index (χ1v) is 12.7. The zero-order chi connectivity index (χ0) is 26.7. The highest BCUT2D eigenvalue weighted by molar-refractivity contribution is 6.23.